The quantitative estimate of drug-likeness (QED) is 0.647. The lowest BCUT2D eigenvalue weighted by molar-refractivity contribution is -0.118. The van der Waals surface area contributed by atoms with Gasteiger partial charge in [0.2, 0.25) is 0 Å². The number of methoxy groups -OCH3 is 1. The van der Waals surface area contributed by atoms with Crippen LogP contribution in [0.2, 0.25) is 10.0 Å². The number of anilines is 1. The van der Waals surface area contributed by atoms with Crippen LogP contribution in [0.1, 0.15) is 10.4 Å². The summed E-state index contributed by atoms with van der Waals surface area (Å²) >= 11 is 11.7. The Hall–Kier alpha value is -2.35. The number of nitrogens with one attached hydrogen (secondary N) is 2. The van der Waals surface area contributed by atoms with Crippen molar-refractivity contribution >= 4 is 40.7 Å². The van der Waals surface area contributed by atoms with Crippen molar-refractivity contribution in [3.63, 3.8) is 0 Å². The van der Waals surface area contributed by atoms with Gasteiger partial charge in [0.1, 0.15) is 11.6 Å². The van der Waals surface area contributed by atoms with Gasteiger partial charge in [-0.25, -0.2) is 4.39 Å². The lowest BCUT2D eigenvalue weighted by atomic mass is 10.2. The average Bonchev–Trinajstić information content (AvgIpc) is 2.63. The van der Waals surface area contributed by atoms with Gasteiger partial charge in [-0.1, -0.05) is 23.2 Å². The Morgan fingerprint density at radius 2 is 1.89 bits per heavy atom. The van der Waals surface area contributed by atoms with E-state index >= 15 is 0 Å². The smallest absolute Gasteiger partial charge is 0.262 e. The monoisotopic (exact) mass is 414 g/mol. The molecule has 0 fully saturated rings. The summed E-state index contributed by atoms with van der Waals surface area (Å²) in [5.41, 5.74) is 0.683. The zero-order valence-corrected chi connectivity index (χ0v) is 15.9. The molecule has 2 aromatic carbocycles. The number of benzene rings is 2. The second kappa shape index (κ2) is 10.1. The molecule has 2 rings (SSSR count). The van der Waals surface area contributed by atoms with Crippen molar-refractivity contribution in [3.05, 3.63) is 57.8 Å². The van der Waals surface area contributed by atoms with Gasteiger partial charge in [-0.05, 0) is 30.3 Å². The second-order valence-corrected chi connectivity index (χ2v) is 6.17. The number of rotatable bonds is 8. The van der Waals surface area contributed by atoms with Crippen molar-refractivity contribution in [1.82, 2.24) is 5.32 Å². The molecular formula is C18H17Cl2FN2O4. The fraction of sp³-hybridized carbons (Fsp3) is 0.222. The topological polar surface area (TPSA) is 76.7 Å². The minimum atomic E-state index is -0.575. The predicted octanol–water partition coefficient (Wildman–Crippen LogP) is 3.53. The van der Waals surface area contributed by atoms with E-state index in [2.05, 4.69) is 10.6 Å². The van der Waals surface area contributed by atoms with Gasteiger partial charge < -0.3 is 20.1 Å². The van der Waals surface area contributed by atoms with E-state index in [4.69, 9.17) is 32.7 Å². The van der Waals surface area contributed by atoms with E-state index in [0.717, 1.165) is 6.07 Å². The molecule has 2 N–H and O–H groups in total. The van der Waals surface area contributed by atoms with Crippen LogP contribution in [0.4, 0.5) is 10.1 Å². The molecule has 0 saturated heterocycles. The molecule has 6 nitrogen and oxygen atoms in total. The van der Waals surface area contributed by atoms with Gasteiger partial charge in [-0.3, -0.25) is 9.59 Å². The summed E-state index contributed by atoms with van der Waals surface area (Å²) < 4.78 is 23.2. The van der Waals surface area contributed by atoms with Crippen molar-refractivity contribution < 1.29 is 23.5 Å². The molecule has 0 saturated carbocycles. The third kappa shape index (κ3) is 6.39. The van der Waals surface area contributed by atoms with Crippen molar-refractivity contribution in [2.24, 2.45) is 0 Å². The summed E-state index contributed by atoms with van der Waals surface area (Å²) in [6.07, 6.45) is 0. The van der Waals surface area contributed by atoms with Crippen molar-refractivity contribution in [1.29, 1.82) is 0 Å². The highest BCUT2D eigenvalue weighted by Crippen LogP contribution is 2.22. The molecule has 0 aromatic heterocycles. The third-order valence-electron chi connectivity index (χ3n) is 3.35. The number of carbonyl (C=O) groups excluding carboxylic acids is 2. The van der Waals surface area contributed by atoms with Gasteiger partial charge in [-0.15, -0.1) is 0 Å². The summed E-state index contributed by atoms with van der Waals surface area (Å²) in [6, 6.07) is 8.29. The van der Waals surface area contributed by atoms with Crippen LogP contribution < -0.4 is 15.4 Å². The van der Waals surface area contributed by atoms with Crippen LogP contribution in [-0.4, -0.2) is 38.7 Å². The molecule has 9 heteroatoms. The number of amides is 2. The summed E-state index contributed by atoms with van der Waals surface area (Å²) in [7, 11) is 1.53. The van der Waals surface area contributed by atoms with Crippen LogP contribution in [-0.2, 0) is 9.53 Å². The van der Waals surface area contributed by atoms with Crippen LogP contribution in [0.3, 0.4) is 0 Å². The molecule has 0 spiro atoms. The molecular weight excluding hydrogens is 398 g/mol. The first-order valence-electron chi connectivity index (χ1n) is 7.85. The van der Waals surface area contributed by atoms with Gasteiger partial charge in [0, 0.05) is 25.4 Å². The van der Waals surface area contributed by atoms with E-state index < -0.39 is 11.7 Å². The molecule has 0 aliphatic carbocycles. The fourth-order valence-electron chi connectivity index (χ4n) is 2.05. The standard InChI is InChI=1S/C18H17Cl2FN2O4/c1-26-7-6-22-18(25)13-4-2-11(8-14(13)19)23-17(24)10-27-12-3-5-16(21)15(20)9-12/h2-5,8-9H,6-7,10H2,1H3,(H,22,25)(H,23,24). The maximum absolute atomic E-state index is 13.1. The highest BCUT2D eigenvalue weighted by atomic mass is 35.5. The maximum atomic E-state index is 13.1. The van der Waals surface area contributed by atoms with E-state index in [1.165, 1.54) is 31.4 Å². The van der Waals surface area contributed by atoms with E-state index in [9.17, 15) is 14.0 Å². The molecule has 27 heavy (non-hydrogen) atoms. The van der Waals surface area contributed by atoms with Crippen molar-refractivity contribution in [3.8, 4) is 5.75 Å². The Labute approximate surface area is 165 Å². The number of hydrogen-bond donors (Lipinski definition) is 2. The van der Waals surface area contributed by atoms with Gasteiger partial charge in [0.25, 0.3) is 11.8 Å². The Morgan fingerprint density at radius 3 is 2.56 bits per heavy atom. The first-order valence-corrected chi connectivity index (χ1v) is 8.60. The third-order valence-corrected chi connectivity index (χ3v) is 3.95. The highest BCUT2D eigenvalue weighted by Gasteiger charge is 2.12. The van der Waals surface area contributed by atoms with Gasteiger partial charge in [0.15, 0.2) is 6.61 Å². The Morgan fingerprint density at radius 1 is 1.11 bits per heavy atom. The van der Waals surface area contributed by atoms with E-state index in [1.807, 2.05) is 0 Å². The largest absolute Gasteiger partial charge is 0.484 e. The summed E-state index contributed by atoms with van der Waals surface area (Å²) in [6.45, 7) is 0.435. The number of halogens is 3. The Bertz CT molecular complexity index is 833. The van der Waals surface area contributed by atoms with Gasteiger partial charge in [-0.2, -0.15) is 0 Å². The second-order valence-electron chi connectivity index (χ2n) is 5.36. The molecule has 0 bridgehead atoms. The van der Waals surface area contributed by atoms with Crippen LogP contribution in [0.25, 0.3) is 0 Å². The molecule has 144 valence electrons. The van der Waals surface area contributed by atoms with E-state index in [0.29, 0.717) is 18.8 Å². The molecule has 2 amide bonds. The maximum Gasteiger partial charge on any atom is 0.262 e. The van der Waals surface area contributed by atoms with E-state index in [1.54, 1.807) is 6.07 Å². The fourth-order valence-corrected chi connectivity index (χ4v) is 2.49. The zero-order valence-electron chi connectivity index (χ0n) is 14.4. The SMILES string of the molecule is COCCNC(=O)c1ccc(NC(=O)COc2ccc(F)c(Cl)c2)cc1Cl. The molecule has 2 aromatic rings. The first-order chi connectivity index (χ1) is 12.9. The molecule has 0 aliphatic rings. The lowest BCUT2D eigenvalue weighted by Gasteiger charge is -2.10. The Balaban J connectivity index is 1.90. The number of carbonyl (C=O) groups is 2. The van der Waals surface area contributed by atoms with Gasteiger partial charge in [0.05, 0.1) is 22.2 Å². The summed E-state index contributed by atoms with van der Waals surface area (Å²) in [5.74, 6) is -1.11. The normalized spacial score (nSPS) is 10.4. The highest BCUT2D eigenvalue weighted by molar-refractivity contribution is 6.34. The van der Waals surface area contributed by atoms with Crippen LogP contribution in [0, 0.1) is 5.82 Å². The molecule has 0 unspecified atom stereocenters. The van der Waals surface area contributed by atoms with E-state index in [-0.39, 0.29) is 33.9 Å². The zero-order chi connectivity index (χ0) is 19.8. The summed E-state index contributed by atoms with van der Waals surface area (Å²) in [4.78, 5) is 24.0. The number of hydrogen-bond acceptors (Lipinski definition) is 4. The minimum absolute atomic E-state index is 0.0981. The van der Waals surface area contributed by atoms with Crippen molar-refractivity contribution in [2.45, 2.75) is 0 Å². The Kier molecular flexibility index (Phi) is 7.84. The van der Waals surface area contributed by atoms with Crippen LogP contribution in [0.5, 0.6) is 5.75 Å². The van der Waals surface area contributed by atoms with Crippen molar-refractivity contribution in [2.75, 3.05) is 32.2 Å². The lowest BCUT2D eigenvalue weighted by Crippen LogP contribution is -2.27. The van der Waals surface area contributed by atoms with Crippen LogP contribution in [0.15, 0.2) is 36.4 Å². The summed E-state index contributed by atoms with van der Waals surface area (Å²) in [5, 5.41) is 5.34. The van der Waals surface area contributed by atoms with Gasteiger partial charge >= 0.3 is 0 Å². The molecule has 0 radical (unpaired) electrons. The molecule has 0 aliphatic heterocycles. The first kappa shape index (κ1) is 21.0. The number of ether oxygens (including phenoxy) is 2. The van der Waals surface area contributed by atoms with Crippen LogP contribution >= 0.6 is 23.2 Å². The average molecular weight is 415 g/mol. The molecule has 0 atom stereocenters. The minimum Gasteiger partial charge on any atom is -0.484 e. The molecule has 0 heterocycles. The predicted molar refractivity (Wildman–Crippen MR) is 101 cm³/mol.